The summed E-state index contributed by atoms with van der Waals surface area (Å²) in [6.07, 6.45) is -46.4. The molecule has 0 rings (SSSR count). The Bertz CT molecular complexity index is 1140. The van der Waals surface area contributed by atoms with Gasteiger partial charge in [-0.15, -0.1) is 0 Å². The van der Waals surface area contributed by atoms with Crippen LogP contribution in [0.25, 0.3) is 0 Å². The Morgan fingerprint density at radius 2 is 0.929 bits per heavy atom. The Balaban J connectivity index is 6.04. The molecule has 0 aromatic carbocycles. The van der Waals surface area contributed by atoms with E-state index in [1.54, 1.807) is 0 Å². The van der Waals surface area contributed by atoms with Crippen molar-refractivity contribution in [1.82, 2.24) is 0 Å². The van der Waals surface area contributed by atoms with Crippen molar-refractivity contribution in [2.45, 2.75) is 70.6 Å². The molecule has 0 spiro atoms. The van der Waals surface area contributed by atoms with Gasteiger partial charge in [-0.3, -0.25) is 0 Å². The standard InChI is InChI=1S/C22H46O6/c1-2-3-4-5-6-7-8-9-10-11-13-24-15-17-26-19-21-28-22-20-27-18-16-25-14-12-23/h23H,2-22H2,1H3/i1D3,2D2,3D2,4D2,5D2,6D2,7D2,8D2,9D2,10D2,11D2,13D2. The molecule has 0 saturated carbocycles. The maximum Gasteiger partial charge on any atom is 0.0701 e. The highest BCUT2D eigenvalue weighted by Gasteiger charge is 1.95. The molecule has 0 heterocycles. The van der Waals surface area contributed by atoms with Gasteiger partial charge >= 0.3 is 0 Å². The van der Waals surface area contributed by atoms with Crippen molar-refractivity contribution in [2.75, 3.05) is 72.6 Å². The molecule has 0 unspecified atom stereocenters. The highest BCUT2D eigenvalue weighted by molar-refractivity contribution is 4.47. The zero-order valence-electron chi connectivity index (χ0n) is 40.6. The fourth-order valence-electron chi connectivity index (χ4n) is 1.29. The van der Waals surface area contributed by atoms with Crippen molar-refractivity contribution in [3.05, 3.63) is 0 Å². The zero-order valence-corrected chi connectivity index (χ0v) is 15.6. The topological polar surface area (TPSA) is 66.4 Å². The summed E-state index contributed by atoms with van der Waals surface area (Å²) in [5, 5.41) is 8.59. The van der Waals surface area contributed by atoms with E-state index < -0.39 is 90.4 Å². The van der Waals surface area contributed by atoms with Gasteiger partial charge in [-0.2, -0.15) is 0 Å². The molecular formula is C22H46O6. The first kappa shape index (κ1) is 7.42. The van der Waals surface area contributed by atoms with E-state index in [-0.39, 0.29) is 52.9 Å². The summed E-state index contributed by atoms with van der Waals surface area (Å²) < 4.78 is 225. The third-order valence-electron chi connectivity index (χ3n) is 2.37. The molecule has 0 aromatic rings. The molecule has 28 heavy (non-hydrogen) atoms. The SMILES string of the molecule is [2H]C([2H])([2H])C([2H])([2H])C([2H])([2H])C([2H])([2H])C([2H])([2H])C([2H])([2H])C([2H])([2H])C([2H])([2H])C([2H])([2H])C([2H])([2H])C([2H])([2H])C([2H])([2H])OCCOCCOCCOCCOCCO. The molecule has 0 bridgehead atoms. The van der Waals surface area contributed by atoms with E-state index in [4.69, 9.17) is 63.1 Å². The van der Waals surface area contributed by atoms with Crippen molar-refractivity contribution >= 4 is 0 Å². The molecule has 0 fully saturated rings. The zero-order chi connectivity index (χ0) is 42.6. The van der Waals surface area contributed by atoms with E-state index >= 15 is 0 Å². The number of hydrogen-bond acceptors (Lipinski definition) is 6. The molecule has 0 atom stereocenters. The van der Waals surface area contributed by atoms with Crippen LogP contribution in [0.2, 0.25) is 0 Å². The summed E-state index contributed by atoms with van der Waals surface area (Å²) in [5.74, 6) is 0. The van der Waals surface area contributed by atoms with E-state index in [0.717, 1.165) is 0 Å². The van der Waals surface area contributed by atoms with Crippen molar-refractivity contribution in [1.29, 1.82) is 0 Å². The number of aliphatic hydroxyl groups is 1. The van der Waals surface area contributed by atoms with Crippen LogP contribution in [0.4, 0.5) is 0 Å². The molecule has 0 aromatic heterocycles. The maximum absolute atomic E-state index is 8.59. The largest absolute Gasteiger partial charge is 0.394 e. The fourth-order valence-corrected chi connectivity index (χ4v) is 1.29. The quantitative estimate of drug-likeness (QED) is 0.221. The average Bonchev–Trinajstić information content (AvgIpc) is 2.99. The minimum Gasteiger partial charge on any atom is -0.394 e. The highest BCUT2D eigenvalue weighted by Crippen LogP contribution is 2.10. The molecule has 0 saturated heterocycles. The average molecular weight is 432 g/mol. The number of rotatable bonds is 25. The van der Waals surface area contributed by atoms with Crippen LogP contribution in [0, 0.1) is 0 Å². The Morgan fingerprint density at radius 1 is 0.536 bits per heavy atom. The van der Waals surface area contributed by atoms with Crippen LogP contribution < -0.4 is 0 Å². The Hall–Kier alpha value is -0.240. The van der Waals surface area contributed by atoms with E-state index in [1.807, 2.05) is 0 Å². The minimum atomic E-state index is -4.85. The smallest absolute Gasteiger partial charge is 0.0701 e. The van der Waals surface area contributed by atoms with E-state index in [1.165, 1.54) is 0 Å². The summed E-state index contributed by atoms with van der Waals surface area (Å²) in [7, 11) is 0. The van der Waals surface area contributed by atoms with Crippen molar-refractivity contribution in [2.24, 2.45) is 0 Å². The predicted octanol–water partition coefficient (Wildman–Crippen LogP) is 3.98. The van der Waals surface area contributed by atoms with Gasteiger partial charge < -0.3 is 28.8 Å². The van der Waals surface area contributed by atoms with Crippen LogP contribution in [-0.4, -0.2) is 77.7 Å². The van der Waals surface area contributed by atoms with E-state index in [0.29, 0.717) is 0 Å². The summed E-state index contributed by atoms with van der Waals surface area (Å²) in [6.45, 7) is -8.29. The molecule has 0 amide bonds. The van der Waals surface area contributed by atoms with Gasteiger partial charge in [0, 0.05) is 38.1 Å². The lowest BCUT2D eigenvalue weighted by Crippen LogP contribution is -2.13. The van der Waals surface area contributed by atoms with Gasteiger partial charge in [0.2, 0.25) is 0 Å². The van der Waals surface area contributed by atoms with E-state index in [9.17, 15) is 0 Å². The lowest BCUT2D eigenvalue weighted by atomic mass is 10.1. The molecule has 0 aliphatic rings. The summed E-state index contributed by atoms with van der Waals surface area (Å²) >= 11 is 0. The summed E-state index contributed by atoms with van der Waals surface area (Å²) in [5.41, 5.74) is 0. The highest BCUT2D eigenvalue weighted by atomic mass is 16.6. The first-order chi connectivity index (χ1) is 23.3. The molecule has 170 valence electrons. The van der Waals surface area contributed by atoms with Gasteiger partial charge in [-0.1, -0.05) is 64.2 Å². The molecule has 6 nitrogen and oxygen atoms in total. The van der Waals surface area contributed by atoms with Gasteiger partial charge in [0.1, 0.15) is 0 Å². The van der Waals surface area contributed by atoms with Gasteiger partial charge in [-0.05, 0) is 6.37 Å². The van der Waals surface area contributed by atoms with E-state index in [2.05, 4.69) is 0 Å². The van der Waals surface area contributed by atoms with Crippen LogP contribution >= 0.6 is 0 Å². The molecule has 1 N–H and O–H groups in total. The van der Waals surface area contributed by atoms with Crippen molar-refractivity contribution in [3.8, 4) is 0 Å². The summed E-state index contributed by atoms with van der Waals surface area (Å²) in [4.78, 5) is 0. The Labute approximate surface area is 208 Å². The van der Waals surface area contributed by atoms with Crippen LogP contribution in [0.5, 0.6) is 0 Å². The normalized spacial score (nSPS) is 30.7. The maximum atomic E-state index is 8.59. The van der Waals surface area contributed by atoms with Crippen LogP contribution in [-0.2, 0) is 23.7 Å². The Morgan fingerprint density at radius 3 is 1.39 bits per heavy atom. The monoisotopic (exact) mass is 431 g/mol. The molecule has 0 aliphatic heterocycles. The van der Waals surface area contributed by atoms with Gasteiger partial charge in [0.25, 0.3) is 0 Å². The first-order valence-corrected chi connectivity index (χ1v) is 8.37. The fraction of sp³-hybridized carbons (Fsp3) is 1.00. The number of ether oxygens (including phenoxy) is 5. The van der Waals surface area contributed by atoms with Crippen molar-refractivity contribution < 1.29 is 63.1 Å². The Kier molecular flexibility index (Phi) is 7.09. The second-order valence-electron chi connectivity index (χ2n) is 4.37. The van der Waals surface area contributed by atoms with Crippen LogP contribution in [0.15, 0.2) is 0 Å². The lowest BCUT2D eigenvalue weighted by molar-refractivity contribution is -0.0134. The number of hydrogen-bond donors (Lipinski definition) is 1. The first-order valence-electron chi connectivity index (χ1n) is 20.9. The number of aliphatic hydroxyl groups excluding tert-OH is 1. The molecular weight excluding hydrogens is 360 g/mol. The third kappa shape index (κ3) is 25.8. The second-order valence-corrected chi connectivity index (χ2v) is 4.37. The second kappa shape index (κ2) is 26.8. The summed E-state index contributed by atoms with van der Waals surface area (Å²) in [6, 6.07) is 0. The lowest BCUT2D eigenvalue weighted by Gasteiger charge is -2.08. The van der Waals surface area contributed by atoms with Crippen LogP contribution in [0.3, 0.4) is 0 Å². The van der Waals surface area contributed by atoms with Gasteiger partial charge in [-0.25, -0.2) is 0 Å². The predicted molar refractivity (Wildman–Crippen MR) is 113 cm³/mol. The molecule has 0 radical (unpaired) electrons. The van der Waals surface area contributed by atoms with Gasteiger partial charge in [0.05, 0.1) is 68.8 Å². The van der Waals surface area contributed by atoms with Gasteiger partial charge in [0.15, 0.2) is 0 Å². The third-order valence-corrected chi connectivity index (χ3v) is 2.37. The molecule has 0 aliphatic carbocycles. The minimum absolute atomic E-state index is 0.0159. The van der Waals surface area contributed by atoms with Crippen molar-refractivity contribution in [3.63, 3.8) is 0 Å². The van der Waals surface area contributed by atoms with Crippen LogP contribution in [0.1, 0.15) is 105 Å². The molecule has 6 heteroatoms.